The van der Waals surface area contributed by atoms with Crippen LogP contribution in [0.25, 0.3) is 10.9 Å². The van der Waals surface area contributed by atoms with Gasteiger partial charge >= 0.3 is 0 Å². The second kappa shape index (κ2) is 9.23. The maximum atomic E-state index is 12.0. The lowest BCUT2D eigenvalue weighted by Gasteiger charge is -2.26. The second-order valence-corrected chi connectivity index (χ2v) is 8.94. The zero-order chi connectivity index (χ0) is 22.8. The number of benzene rings is 2. The van der Waals surface area contributed by atoms with E-state index in [9.17, 15) is 14.7 Å². The summed E-state index contributed by atoms with van der Waals surface area (Å²) in [5, 5.41) is 21.3. The highest BCUT2D eigenvalue weighted by Gasteiger charge is 2.30. The molecule has 0 saturated carbocycles. The minimum atomic E-state index is -0.672. The molecular weight excluding hydrogens is 450 g/mol. The number of halogens is 1. The van der Waals surface area contributed by atoms with Gasteiger partial charge in [0.25, 0.3) is 11.8 Å². The molecule has 1 unspecified atom stereocenters. The molecule has 2 aromatic carbocycles. The molecule has 1 aromatic heterocycles. The van der Waals surface area contributed by atoms with Crippen molar-refractivity contribution in [2.75, 3.05) is 13.6 Å². The molecular formula is C22H22ClN5O3S. The van der Waals surface area contributed by atoms with E-state index in [0.717, 1.165) is 16.6 Å². The molecule has 2 atom stereocenters. The Morgan fingerprint density at radius 2 is 2.06 bits per heavy atom. The summed E-state index contributed by atoms with van der Waals surface area (Å²) in [6, 6.07) is 12.7. The van der Waals surface area contributed by atoms with Crippen molar-refractivity contribution in [2.45, 2.75) is 17.9 Å². The molecule has 0 radical (unpaired) electrons. The first-order chi connectivity index (χ1) is 15.4. The van der Waals surface area contributed by atoms with Gasteiger partial charge in [0, 0.05) is 30.2 Å². The molecule has 3 aromatic rings. The van der Waals surface area contributed by atoms with Crippen molar-refractivity contribution in [1.82, 2.24) is 20.4 Å². The van der Waals surface area contributed by atoms with Crippen LogP contribution in [0.15, 0.2) is 53.6 Å². The summed E-state index contributed by atoms with van der Waals surface area (Å²) in [7, 11) is 1.56. The van der Waals surface area contributed by atoms with Crippen LogP contribution in [0.3, 0.4) is 0 Å². The van der Waals surface area contributed by atoms with Crippen molar-refractivity contribution in [3.63, 3.8) is 0 Å². The van der Waals surface area contributed by atoms with E-state index < -0.39 is 12.0 Å². The summed E-state index contributed by atoms with van der Waals surface area (Å²) in [6.07, 6.45) is 1.52. The van der Waals surface area contributed by atoms with Gasteiger partial charge in [-0.3, -0.25) is 14.7 Å². The first-order valence-electron chi connectivity index (χ1n) is 9.95. The van der Waals surface area contributed by atoms with Crippen LogP contribution in [-0.2, 0) is 4.79 Å². The van der Waals surface area contributed by atoms with Gasteiger partial charge in [0.15, 0.2) is 5.69 Å². The number of nitrogens with two attached hydrogens (primary N) is 1. The number of carbonyl (C=O) groups is 2. The summed E-state index contributed by atoms with van der Waals surface area (Å²) >= 11 is 7.28. The molecule has 0 bridgehead atoms. The summed E-state index contributed by atoms with van der Waals surface area (Å²) < 4.78 is 0. The molecule has 0 spiro atoms. The first-order valence-corrected chi connectivity index (χ1v) is 11.2. The lowest BCUT2D eigenvalue weighted by molar-refractivity contribution is -0.113. The summed E-state index contributed by atoms with van der Waals surface area (Å²) in [4.78, 5) is 26.2. The number of aromatic amines is 1. The number of amides is 2. The average molecular weight is 472 g/mol. The van der Waals surface area contributed by atoms with Gasteiger partial charge in [-0.05, 0) is 41.8 Å². The molecule has 8 nitrogen and oxygen atoms in total. The molecule has 0 aliphatic carbocycles. The molecule has 4 rings (SSSR count). The Hall–Kier alpha value is -3.01. The van der Waals surface area contributed by atoms with E-state index in [1.54, 1.807) is 37.5 Å². The van der Waals surface area contributed by atoms with Crippen LogP contribution < -0.4 is 11.1 Å². The lowest BCUT2D eigenvalue weighted by atomic mass is 10.1. The van der Waals surface area contributed by atoms with E-state index in [0.29, 0.717) is 34.0 Å². The third-order valence-electron chi connectivity index (χ3n) is 5.30. The molecule has 5 N–H and O–H groups in total. The highest BCUT2D eigenvalue weighted by Crippen LogP contribution is 2.44. The van der Waals surface area contributed by atoms with E-state index in [1.165, 1.54) is 11.8 Å². The van der Waals surface area contributed by atoms with Crippen molar-refractivity contribution >= 4 is 46.1 Å². The summed E-state index contributed by atoms with van der Waals surface area (Å²) in [5.41, 5.74) is 8.27. The Morgan fingerprint density at radius 1 is 1.31 bits per heavy atom. The van der Waals surface area contributed by atoms with Gasteiger partial charge in [-0.25, -0.2) is 0 Å². The number of hydrogen-bond donors (Lipinski definition) is 4. The van der Waals surface area contributed by atoms with Crippen molar-refractivity contribution in [3.8, 4) is 0 Å². The van der Waals surface area contributed by atoms with Gasteiger partial charge in [-0.1, -0.05) is 41.6 Å². The fourth-order valence-electron chi connectivity index (χ4n) is 3.60. The third kappa shape index (κ3) is 4.45. The average Bonchev–Trinajstić information content (AvgIpc) is 3.41. The third-order valence-corrected chi connectivity index (χ3v) is 6.87. The highest BCUT2D eigenvalue weighted by molar-refractivity contribution is 8.04. The van der Waals surface area contributed by atoms with Crippen molar-refractivity contribution < 1.29 is 14.7 Å². The minimum absolute atomic E-state index is 0.203. The van der Waals surface area contributed by atoms with Gasteiger partial charge in [-0.2, -0.15) is 5.10 Å². The monoisotopic (exact) mass is 471 g/mol. The van der Waals surface area contributed by atoms with Crippen molar-refractivity contribution in [2.24, 2.45) is 5.73 Å². The van der Waals surface area contributed by atoms with Crippen LogP contribution >= 0.6 is 23.4 Å². The number of primary amides is 1. The Morgan fingerprint density at radius 3 is 2.75 bits per heavy atom. The summed E-state index contributed by atoms with van der Waals surface area (Å²) in [5.74, 6) is -0.764. The first kappa shape index (κ1) is 22.2. The van der Waals surface area contributed by atoms with Crippen molar-refractivity contribution in [3.05, 3.63) is 75.4 Å². The molecule has 1 aliphatic rings. The van der Waals surface area contributed by atoms with Crippen LogP contribution in [0.4, 0.5) is 0 Å². The van der Waals surface area contributed by atoms with E-state index in [2.05, 4.69) is 15.5 Å². The molecule has 32 heavy (non-hydrogen) atoms. The summed E-state index contributed by atoms with van der Waals surface area (Å²) in [6.45, 7) is 0.503. The van der Waals surface area contributed by atoms with Gasteiger partial charge in [0.2, 0.25) is 0 Å². The second-order valence-electron chi connectivity index (χ2n) is 7.38. The number of fused-ring (bicyclic) bond motifs is 1. The normalized spacial score (nSPS) is 16.8. The number of thioether (sulfide) groups is 1. The van der Waals surface area contributed by atoms with Crippen LogP contribution in [0.5, 0.6) is 0 Å². The van der Waals surface area contributed by atoms with Crippen molar-refractivity contribution in [1.29, 1.82) is 0 Å². The maximum absolute atomic E-state index is 12.0. The minimum Gasteiger partial charge on any atom is -0.388 e. The van der Waals surface area contributed by atoms with Crippen LogP contribution in [-0.4, -0.2) is 45.6 Å². The fraction of sp³-hybridized carbons (Fsp3) is 0.227. The number of rotatable bonds is 7. The smallest absolute Gasteiger partial charge is 0.272 e. The number of aromatic nitrogens is 2. The number of aliphatic hydroxyl groups is 1. The van der Waals surface area contributed by atoms with Crippen LogP contribution in [0.1, 0.15) is 39.5 Å². The number of nitrogens with one attached hydrogen (secondary N) is 2. The Bertz CT molecular complexity index is 1190. The maximum Gasteiger partial charge on any atom is 0.272 e. The lowest BCUT2D eigenvalue weighted by Crippen LogP contribution is -2.21. The van der Waals surface area contributed by atoms with Crippen LogP contribution in [0.2, 0.25) is 5.02 Å². The quantitative estimate of drug-likeness (QED) is 0.419. The Kier molecular flexibility index (Phi) is 6.40. The molecule has 2 heterocycles. The van der Waals surface area contributed by atoms with Gasteiger partial charge in [0.1, 0.15) is 5.37 Å². The zero-order valence-electron chi connectivity index (χ0n) is 17.2. The zero-order valence-corrected chi connectivity index (χ0v) is 18.8. The number of carbonyl (C=O) groups excluding carboxylic acids is 2. The van der Waals surface area contributed by atoms with Crippen LogP contribution in [0, 0.1) is 0 Å². The van der Waals surface area contributed by atoms with Gasteiger partial charge in [0.05, 0.1) is 16.5 Å². The highest BCUT2D eigenvalue weighted by atomic mass is 35.5. The molecule has 1 aliphatic heterocycles. The number of nitrogens with zero attached hydrogens (tertiary/aromatic N) is 2. The topological polar surface area (TPSA) is 124 Å². The SMILES string of the molecule is CNC(=O)c1n[nH]c2cc([C@H]3SC(C(N)=O)=CN3CCC(O)c3ccc(Cl)cc3)ccc12. The van der Waals surface area contributed by atoms with E-state index >= 15 is 0 Å². The van der Waals surface area contributed by atoms with Gasteiger partial charge < -0.3 is 21.1 Å². The number of aliphatic hydroxyl groups excluding tert-OH is 1. The Labute approximate surface area is 193 Å². The van der Waals surface area contributed by atoms with E-state index in [1.807, 2.05) is 23.1 Å². The van der Waals surface area contributed by atoms with E-state index in [4.69, 9.17) is 17.3 Å². The number of hydrogen-bond acceptors (Lipinski definition) is 6. The van der Waals surface area contributed by atoms with Gasteiger partial charge in [-0.15, -0.1) is 0 Å². The number of H-pyrrole nitrogens is 1. The molecule has 166 valence electrons. The Balaban J connectivity index is 1.55. The molecule has 2 amide bonds. The predicted octanol–water partition coefficient (Wildman–Crippen LogP) is 3.07. The van der Waals surface area contributed by atoms with E-state index in [-0.39, 0.29) is 11.3 Å². The standard InChI is InChI=1S/C22H22ClN5O3S/c1-25-21(31)19-15-7-4-13(10-16(15)26-27-19)22-28(11-18(32-22)20(24)30)9-8-17(29)12-2-5-14(23)6-3-12/h2-7,10-11,17,22,29H,8-9H2,1H3,(H2,24,30)(H,25,31)(H,26,27)/t17?,22-/m1/s1. The fourth-order valence-corrected chi connectivity index (χ4v) is 4.87. The molecule has 0 fully saturated rings. The largest absolute Gasteiger partial charge is 0.388 e. The predicted molar refractivity (Wildman–Crippen MR) is 125 cm³/mol. The molecule has 0 saturated heterocycles. The molecule has 10 heteroatoms.